The Hall–Kier alpha value is -0.870. The summed E-state index contributed by atoms with van der Waals surface area (Å²) in [5, 5.41) is 8.87. The average Bonchev–Trinajstić information content (AvgIpc) is 2.01. The molecule has 0 amide bonds. The molecule has 0 saturated carbocycles. The van der Waals surface area contributed by atoms with E-state index in [-0.39, 0.29) is 6.42 Å². The fraction of sp³-hybridized carbons (Fsp3) is 0.625. The first kappa shape index (κ1) is 11.1. The minimum absolute atomic E-state index is 0.232. The summed E-state index contributed by atoms with van der Waals surface area (Å²) in [5.74, 6) is -0.618. The normalized spacial score (nSPS) is 15.0. The minimum Gasteiger partial charge on any atom is -0.468 e. The van der Waals surface area contributed by atoms with Gasteiger partial charge in [0, 0.05) is 0 Å². The smallest absolute Gasteiger partial charge is 0.328 e. The number of methoxy groups -OCH3 is 1. The molecule has 70 valence electrons. The van der Waals surface area contributed by atoms with Crippen molar-refractivity contribution in [1.29, 1.82) is 0 Å². The van der Waals surface area contributed by atoms with Crippen LogP contribution >= 0.6 is 0 Å². The lowest BCUT2D eigenvalue weighted by Gasteiger charge is -2.23. The van der Waals surface area contributed by atoms with Gasteiger partial charge in [-0.3, -0.25) is 0 Å². The first-order chi connectivity index (χ1) is 5.46. The Morgan fingerprint density at radius 2 is 2.25 bits per heavy atom. The zero-order valence-electron chi connectivity index (χ0n) is 7.46. The van der Waals surface area contributed by atoms with Gasteiger partial charge >= 0.3 is 5.97 Å². The molecule has 0 aromatic heterocycles. The summed E-state index contributed by atoms with van der Waals surface area (Å²) in [4.78, 5) is 11.1. The molecule has 0 fully saturated rings. The molecule has 4 nitrogen and oxygen atoms in total. The van der Waals surface area contributed by atoms with Crippen molar-refractivity contribution in [2.75, 3.05) is 13.7 Å². The van der Waals surface area contributed by atoms with E-state index in [2.05, 4.69) is 11.3 Å². The molecule has 0 aromatic rings. The Morgan fingerprint density at radius 1 is 1.75 bits per heavy atom. The van der Waals surface area contributed by atoms with Crippen molar-refractivity contribution >= 4 is 5.97 Å². The second-order valence-corrected chi connectivity index (χ2v) is 2.94. The maximum absolute atomic E-state index is 11.1. The number of nitrogens with two attached hydrogens (primary N) is 1. The number of rotatable bonds is 4. The monoisotopic (exact) mass is 173 g/mol. The molecular formula is C8H15NO3. The predicted molar refractivity (Wildman–Crippen MR) is 45.5 cm³/mol. The lowest BCUT2D eigenvalue weighted by molar-refractivity contribution is -0.148. The molecule has 0 bridgehead atoms. The third-order valence-electron chi connectivity index (χ3n) is 1.49. The molecule has 4 heteroatoms. The molecule has 0 aliphatic heterocycles. The van der Waals surface area contributed by atoms with Crippen LogP contribution in [0.15, 0.2) is 12.2 Å². The number of ether oxygens (including phenoxy) is 1. The van der Waals surface area contributed by atoms with E-state index in [1.807, 2.05) is 0 Å². The standard InChI is InChI=1S/C8H15NO3/c1-6(2)4-8(9,5-10)7(11)12-3/h10H,1,4-5,9H2,2-3H3. The van der Waals surface area contributed by atoms with E-state index < -0.39 is 18.1 Å². The third-order valence-corrected chi connectivity index (χ3v) is 1.49. The summed E-state index contributed by atoms with van der Waals surface area (Å²) in [6.07, 6.45) is 0.232. The number of aliphatic hydroxyl groups is 1. The van der Waals surface area contributed by atoms with Crippen molar-refractivity contribution in [3.63, 3.8) is 0 Å². The van der Waals surface area contributed by atoms with E-state index in [0.717, 1.165) is 5.57 Å². The fourth-order valence-electron chi connectivity index (χ4n) is 0.934. The average molecular weight is 173 g/mol. The molecule has 0 spiro atoms. The number of esters is 1. The number of hydrogen-bond donors (Lipinski definition) is 2. The molecule has 0 aromatic carbocycles. The van der Waals surface area contributed by atoms with Gasteiger partial charge in [-0.15, -0.1) is 6.58 Å². The van der Waals surface area contributed by atoms with E-state index in [4.69, 9.17) is 10.8 Å². The van der Waals surface area contributed by atoms with Crippen molar-refractivity contribution in [2.24, 2.45) is 5.73 Å². The van der Waals surface area contributed by atoms with Crippen LogP contribution < -0.4 is 5.73 Å². The van der Waals surface area contributed by atoms with Crippen molar-refractivity contribution in [3.05, 3.63) is 12.2 Å². The molecule has 3 N–H and O–H groups in total. The van der Waals surface area contributed by atoms with Gasteiger partial charge in [-0.1, -0.05) is 5.57 Å². The third kappa shape index (κ3) is 2.64. The van der Waals surface area contributed by atoms with Gasteiger partial charge in [0.15, 0.2) is 0 Å². The van der Waals surface area contributed by atoms with E-state index in [1.54, 1.807) is 6.92 Å². The predicted octanol–water partition coefficient (Wildman–Crippen LogP) is -0.185. The van der Waals surface area contributed by atoms with Crippen molar-refractivity contribution in [3.8, 4) is 0 Å². The largest absolute Gasteiger partial charge is 0.468 e. The summed E-state index contributed by atoms with van der Waals surface area (Å²) in [5.41, 5.74) is 4.97. The maximum atomic E-state index is 11.1. The molecule has 1 unspecified atom stereocenters. The molecule has 0 saturated heterocycles. The van der Waals surface area contributed by atoms with Gasteiger partial charge in [0.2, 0.25) is 0 Å². The topological polar surface area (TPSA) is 72.5 Å². The van der Waals surface area contributed by atoms with E-state index in [0.29, 0.717) is 0 Å². The number of hydrogen-bond acceptors (Lipinski definition) is 4. The van der Waals surface area contributed by atoms with E-state index in [9.17, 15) is 4.79 Å². The zero-order valence-corrected chi connectivity index (χ0v) is 7.46. The zero-order chi connectivity index (χ0) is 9.78. The first-order valence-electron chi connectivity index (χ1n) is 3.59. The van der Waals surface area contributed by atoms with E-state index in [1.165, 1.54) is 7.11 Å². The highest BCUT2D eigenvalue weighted by Gasteiger charge is 2.34. The van der Waals surface area contributed by atoms with Crippen LogP contribution in [0.1, 0.15) is 13.3 Å². The Balaban J connectivity index is 4.44. The van der Waals surface area contributed by atoms with Crippen molar-refractivity contribution in [1.82, 2.24) is 0 Å². The quantitative estimate of drug-likeness (QED) is 0.456. The van der Waals surface area contributed by atoms with Crippen LogP contribution in [0.5, 0.6) is 0 Å². The summed E-state index contributed by atoms with van der Waals surface area (Å²) in [6.45, 7) is 4.90. The van der Waals surface area contributed by atoms with Gasteiger partial charge in [-0.2, -0.15) is 0 Å². The van der Waals surface area contributed by atoms with Crippen LogP contribution in [0.4, 0.5) is 0 Å². The summed E-state index contributed by atoms with van der Waals surface area (Å²) in [7, 11) is 1.23. The Morgan fingerprint density at radius 3 is 2.50 bits per heavy atom. The minimum atomic E-state index is -1.33. The van der Waals surface area contributed by atoms with Gasteiger partial charge in [0.1, 0.15) is 5.54 Å². The molecule has 0 radical (unpaired) electrons. The van der Waals surface area contributed by atoms with E-state index >= 15 is 0 Å². The number of carbonyl (C=O) groups excluding carboxylic acids is 1. The molecule has 0 rings (SSSR count). The highest BCUT2D eigenvalue weighted by Crippen LogP contribution is 2.13. The maximum Gasteiger partial charge on any atom is 0.328 e. The van der Waals surface area contributed by atoms with Gasteiger partial charge in [0.05, 0.1) is 13.7 Å². The van der Waals surface area contributed by atoms with Crippen LogP contribution in [0.3, 0.4) is 0 Å². The summed E-state index contributed by atoms with van der Waals surface area (Å²) < 4.78 is 4.44. The van der Waals surface area contributed by atoms with Gasteiger partial charge in [-0.25, -0.2) is 4.79 Å². The molecule has 1 atom stereocenters. The highest BCUT2D eigenvalue weighted by atomic mass is 16.5. The summed E-state index contributed by atoms with van der Waals surface area (Å²) >= 11 is 0. The molecular weight excluding hydrogens is 158 g/mol. The Bertz CT molecular complexity index is 191. The van der Waals surface area contributed by atoms with Gasteiger partial charge in [-0.05, 0) is 13.3 Å². The SMILES string of the molecule is C=C(C)CC(N)(CO)C(=O)OC. The van der Waals surface area contributed by atoms with Crippen molar-refractivity contribution < 1.29 is 14.6 Å². The van der Waals surface area contributed by atoms with Crippen LogP contribution in [-0.4, -0.2) is 30.3 Å². The lowest BCUT2D eigenvalue weighted by Crippen LogP contribution is -2.52. The molecule has 0 heterocycles. The van der Waals surface area contributed by atoms with Crippen LogP contribution in [0.2, 0.25) is 0 Å². The van der Waals surface area contributed by atoms with Crippen LogP contribution in [0, 0.1) is 0 Å². The fourth-order valence-corrected chi connectivity index (χ4v) is 0.934. The van der Waals surface area contributed by atoms with Gasteiger partial charge < -0.3 is 15.6 Å². The molecule has 12 heavy (non-hydrogen) atoms. The highest BCUT2D eigenvalue weighted by molar-refractivity contribution is 5.81. The van der Waals surface area contributed by atoms with Crippen LogP contribution in [-0.2, 0) is 9.53 Å². The Labute approximate surface area is 72.0 Å². The summed E-state index contributed by atoms with van der Waals surface area (Å²) in [6, 6.07) is 0. The van der Waals surface area contributed by atoms with Gasteiger partial charge in [0.25, 0.3) is 0 Å². The second-order valence-electron chi connectivity index (χ2n) is 2.94. The second kappa shape index (κ2) is 4.23. The molecule has 0 aliphatic carbocycles. The Kier molecular flexibility index (Phi) is 3.92. The van der Waals surface area contributed by atoms with Crippen molar-refractivity contribution in [2.45, 2.75) is 18.9 Å². The number of aliphatic hydroxyl groups excluding tert-OH is 1. The first-order valence-corrected chi connectivity index (χ1v) is 3.59. The number of carbonyl (C=O) groups is 1. The van der Waals surface area contributed by atoms with Crippen LogP contribution in [0.25, 0.3) is 0 Å². The molecule has 0 aliphatic rings. The lowest BCUT2D eigenvalue weighted by atomic mass is 9.94.